The van der Waals surface area contributed by atoms with Gasteiger partial charge < -0.3 is 9.32 Å². The number of aromatic nitrogens is 1. The molecule has 3 nitrogen and oxygen atoms in total. The van der Waals surface area contributed by atoms with Crippen LogP contribution in [0.5, 0.6) is 0 Å². The highest BCUT2D eigenvalue weighted by molar-refractivity contribution is 6.18. The minimum atomic E-state index is -0.125. The van der Waals surface area contributed by atoms with Crippen molar-refractivity contribution in [1.82, 2.24) is 4.98 Å². The van der Waals surface area contributed by atoms with Crippen LogP contribution in [0.25, 0.3) is 66.2 Å². The smallest absolute Gasteiger partial charge is 0.153 e. The zero-order valence-corrected chi connectivity index (χ0v) is 28.5. The van der Waals surface area contributed by atoms with E-state index < -0.39 is 0 Å². The number of anilines is 3. The molecule has 0 atom stereocenters. The van der Waals surface area contributed by atoms with Gasteiger partial charge in [-0.3, -0.25) is 4.98 Å². The average Bonchev–Trinajstić information content (AvgIpc) is 3.68. The molecule has 1 aliphatic rings. The molecule has 0 radical (unpaired) electrons. The molecule has 0 amide bonds. The Morgan fingerprint density at radius 2 is 1.20 bits per heavy atom. The molecular formula is C48H34N2O. The molecule has 0 saturated heterocycles. The lowest BCUT2D eigenvalue weighted by molar-refractivity contribution is 0.660. The van der Waals surface area contributed by atoms with Gasteiger partial charge in [0.2, 0.25) is 0 Å². The Morgan fingerprint density at radius 3 is 2.00 bits per heavy atom. The summed E-state index contributed by atoms with van der Waals surface area (Å²) in [4.78, 5) is 7.20. The first-order valence-corrected chi connectivity index (χ1v) is 17.5. The maximum absolute atomic E-state index is 6.29. The third kappa shape index (κ3) is 4.62. The highest BCUT2D eigenvalue weighted by atomic mass is 16.3. The van der Waals surface area contributed by atoms with Crippen molar-refractivity contribution in [3.8, 4) is 33.4 Å². The minimum Gasteiger partial charge on any atom is -0.454 e. The molecule has 3 heteroatoms. The van der Waals surface area contributed by atoms with Gasteiger partial charge in [-0.15, -0.1) is 0 Å². The van der Waals surface area contributed by atoms with E-state index in [2.05, 4.69) is 170 Å². The van der Waals surface area contributed by atoms with Gasteiger partial charge in [-0.2, -0.15) is 0 Å². The van der Waals surface area contributed by atoms with Crippen LogP contribution in [0.2, 0.25) is 0 Å². The predicted octanol–water partition coefficient (Wildman–Crippen LogP) is 13.2. The molecule has 1 aliphatic carbocycles. The molecule has 0 unspecified atom stereocenters. The first kappa shape index (κ1) is 29.5. The highest BCUT2D eigenvalue weighted by Gasteiger charge is 2.37. The first-order valence-electron chi connectivity index (χ1n) is 17.5. The summed E-state index contributed by atoms with van der Waals surface area (Å²) in [6.45, 7) is 4.70. The monoisotopic (exact) mass is 654 g/mol. The van der Waals surface area contributed by atoms with E-state index in [4.69, 9.17) is 9.40 Å². The average molecular weight is 655 g/mol. The summed E-state index contributed by atoms with van der Waals surface area (Å²) in [5.74, 6) is 0. The molecule has 0 fully saturated rings. The second-order valence-corrected chi connectivity index (χ2v) is 14.0. The number of benzene rings is 7. The van der Waals surface area contributed by atoms with Crippen LogP contribution >= 0.6 is 0 Å². The van der Waals surface area contributed by atoms with E-state index in [0.717, 1.165) is 49.9 Å². The van der Waals surface area contributed by atoms with E-state index in [9.17, 15) is 0 Å². The van der Waals surface area contributed by atoms with Crippen LogP contribution in [0.15, 0.2) is 174 Å². The molecule has 9 aromatic rings. The number of hydrogen-bond donors (Lipinski definition) is 0. The number of furan rings is 1. The zero-order chi connectivity index (χ0) is 34.1. The van der Waals surface area contributed by atoms with Crippen molar-refractivity contribution in [3.63, 3.8) is 0 Å². The lowest BCUT2D eigenvalue weighted by Gasteiger charge is -2.30. The standard InChI is InChI=1S/C48H34N2O/c1-48(2)41-17-10-9-16-37(41)40-30-43(38(29-42(40)48)33-14-7-4-8-15-33)50(35-23-19-32(20-24-35)31-12-5-3-6-13-31)36-25-21-34-22-26-44-46(39(34)28-36)47-45(51-44)18-11-27-49-47/h3-30H,1-2H3. The SMILES string of the molecule is CC1(C)c2ccccc2-c2cc(N(c3ccc(-c4ccccc4)cc3)c3ccc4ccc5oc6cccnc6c5c4c3)c(-c3ccccc3)cc21. The molecule has 2 heterocycles. The molecule has 242 valence electrons. The Bertz CT molecular complexity index is 2760. The zero-order valence-electron chi connectivity index (χ0n) is 28.5. The number of hydrogen-bond acceptors (Lipinski definition) is 3. The Morgan fingerprint density at radius 1 is 0.510 bits per heavy atom. The summed E-state index contributed by atoms with van der Waals surface area (Å²) in [6, 6.07) is 59.0. The van der Waals surface area contributed by atoms with Crippen LogP contribution in [-0.4, -0.2) is 4.98 Å². The topological polar surface area (TPSA) is 29.3 Å². The Kier molecular flexibility index (Phi) is 6.53. The fourth-order valence-corrected chi connectivity index (χ4v) is 8.17. The summed E-state index contributed by atoms with van der Waals surface area (Å²) in [6.07, 6.45) is 1.84. The Hall–Kier alpha value is -6.45. The van der Waals surface area contributed by atoms with Crippen LogP contribution in [0, 0.1) is 0 Å². The van der Waals surface area contributed by atoms with E-state index in [1.54, 1.807) is 0 Å². The van der Waals surface area contributed by atoms with Gasteiger partial charge >= 0.3 is 0 Å². The number of pyridine rings is 1. The summed E-state index contributed by atoms with van der Waals surface area (Å²) < 4.78 is 6.29. The van der Waals surface area contributed by atoms with Crippen molar-refractivity contribution in [3.05, 3.63) is 181 Å². The summed E-state index contributed by atoms with van der Waals surface area (Å²) >= 11 is 0. The number of fused-ring (bicyclic) bond motifs is 8. The van der Waals surface area contributed by atoms with Gasteiger partial charge in [-0.05, 0) is 104 Å². The second kappa shape index (κ2) is 11.3. The van der Waals surface area contributed by atoms with Gasteiger partial charge in [-0.1, -0.05) is 123 Å². The molecule has 2 aromatic heterocycles. The van der Waals surface area contributed by atoms with Crippen molar-refractivity contribution >= 4 is 49.9 Å². The van der Waals surface area contributed by atoms with Crippen LogP contribution in [0.4, 0.5) is 17.1 Å². The van der Waals surface area contributed by atoms with Crippen LogP contribution < -0.4 is 4.90 Å². The van der Waals surface area contributed by atoms with Gasteiger partial charge in [0.25, 0.3) is 0 Å². The van der Waals surface area contributed by atoms with Gasteiger partial charge in [0.05, 0.1) is 11.1 Å². The van der Waals surface area contributed by atoms with Crippen LogP contribution in [0.3, 0.4) is 0 Å². The molecule has 51 heavy (non-hydrogen) atoms. The van der Waals surface area contributed by atoms with E-state index in [0.29, 0.717) is 0 Å². The third-order valence-corrected chi connectivity index (χ3v) is 10.7. The molecule has 0 spiro atoms. The Balaban J connectivity index is 1.27. The van der Waals surface area contributed by atoms with Crippen LogP contribution in [0.1, 0.15) is 25.0 Å². The third-order valence-electron chi connectivity index (χ3n) is 10.7. The Labute approximate surface area is 297 Å². The quantitative estimate of drug-likeness (QED) is 0.185. The van der Waals surface area contributed by atoms with Gasteiger partial charge in [-0.25, -0.2) is 0 Å². The summed E-state index contributed by atoms with van der Waals surface area (Å²) in [5, 5.41) is 3.30. The fourth-order valence-electron chi connectivity index (χ4n) is 8.17. The largest absolute Gasteiger partial charge is 0.454 e. The summed E-state index contributed by atoms with van der Waals surface area (Å²) in [7, 11) is 0. The highest BCUT2D eigenvalue weighted by Crippen LogP contribution is 2.53. The van der Waals surface area contributed by atoms with Gasteiger partial charge in [0.1, 0.15) is 11.1 Å². The van der Waals surface area contributed by atoms with Crippen molar-refractivity contribution in [2.75, 3.05) is 4.90 Å². The van der Waals surface area contributed by atoms with Crippen molar-refractivity contribution in [2.24, 2.45) is 0 Å². The molecule has 10 rings (SSSR count). The van der Waals surface area contributed by atoms with Crippen molar-refractivity contribution in [1.29, 1.82) is 0 Å². The van der Waals surface area contributed by atoms with E-state index >= 15 is 0 Å². The fraction of sp³-hybridized carbons (Fsp3) is 0.0625. The molecule has 7 aromatic carbocycles. The maximum Gasteiger partial charge on any atom is 0.153 e. The first-order chi connectivity index (χ1) is 25.0. The van der Waals surface area contributed by atoms with E-state index in [-0.39, 0.29) is 5.41 Å². The molecule has 0 saturated carbocycles. The minimum absolute atomic E-state index is 0.125. The lowest BCUT2D eigenvalue weighted by Crippen LogP contribution is -2.16. The molecule has 0 aliphatic heterocycles. The summed E-state index contributed by atoms with van der Waals surface area (Å²) in [5.41, 5.74) is 15.7. The molecular weight excluding hydrogens is 621 g/mol. The second-order valence-electron chi connectivity index (χ2n) is 14.0. The van der Waals surface area contributed by atoms with Gasteiger partial charge in [0.15, 0.2) is 5.58 Å². The number of nitrogens with zero attached hydrogens (tertiary/aromatic N) is 2. The lowest BCUT2D eigenvalue weighted by atomic mass is 9.81. The van der Waals surface area contributed by atoms with Gasteiger partial charge in [0, 0.05) is 28.6 Å². The van der Waals surface area contributed by atoms with E-state index in [1.807, 2.05) is 18.3 Å². The number of rotatable bonds is 5. The van der Waals surface area contributed by atoms with Crippen molar-refractivity contribution in [2.45, 2.75) is 19.3 Å². The molecule has 0 bridgehead atoms. The molecule has 0 N–H and O–H groups in total. The predicted molar refractivity (Wildman–Crippen MR) is 212 cm³/mol. The maximum atomic E-state index is 6.29. The van der Waals surface area contributed by atoms with Crippen molar-refractivity contribution < 1.29 is 4.42 Å². The van der Waals surface area contributed by atoms with Crippen LogP contribution in [-0.2, 0) is 5.41 Å². The van der Waals surface area contributed by atoms with E-state index in [1.165, 1.54) is 44.5 Å². The normalized spacial score (nSPS) is 13.1.